The first kappa shape index (κ1) is 26.9. The minimum absolute atomic E-state index is 0.220. The molecule has 0 spiro atoms. The Bertz CT molecular complexity index is 935. The summed E-state index contributed by atoms with van der Waals surface area (Å²) in [5.41, 5.74) is 2.59. The summed E-state index contributed by atoms with van der Waals surface area (Å²) in [5, 5.41) is 9.28. The van der Waals surface area contributed by atoms with Crippen molar-refractivity contribution in [1.82, 2.24) is 0 Å². The van der Waals surface area contributed by atoms with E-state index in [2.05, 4.69) is 11.3 Å². The highest BCUT2D eigenvalue weighted by Gasteiger charge is 2.17. The standard InChI is InChI=1S/C24H28O3.C5H8O2/c1-19(26-23-9-3-2-4-10-23)27-24-17-13-21(14-18-24)8-6-5-7-20-11-15-22(25)16-12-20;1-4(2)5(6)7-3/h5-8,11-19,23,25H,2-4,9-10H2,1H3;1H2,2-3H3. The number of esters is 1. The van der Waals surface area contributed by atoms with Gasteiger partial charge in [-0.25, -0.2) is 4.79 Å². The lowest BCUT2D eigenvalue weighted by Gasteiger charge is -2.26. The molecule has 0 amide bonds. The van der Waals surface area contributed by atoms with Crippen LogP contribution >= 0.6 is 0 Å². The minimum atomic E-state index is -0.347. The first-order valence-corrected chi connectivity index (χ1v) is 11.7. The van der Waals surface area contributed by atoms with E-state index >= 15 is 0 Å². The van der Waals surface area contributed by atoms with Gasteiger partial charge in [-0.2, -0.15) is 0 Å². The molecule has 1 aliphatic carbocycles. The van der Waals surface area contributed by atoms with E-state index in [0.29, 0.717) is 11.7 Å². The molecule has 5 nitrogen and oxygen atoms in total. The fourth-order valence-electron chi connectivity index (χ4n) is 3.44. The normalized spacial score (nSPS) is 14.9. The summed E-state index contributed by atoms with van der Waals surface area (Å²) in [5.74, 6) is 0.763. The van der Waals surface area contributed by atoms with Gasteiger partial charge in [0.25, 0.3) is 0 Å². The molecule has 0 bridgehead atoms. The molecule has 1 saturated carbocycles. The third kappa shape index (κ3) is 10.5. The fourth-order valence-corrected chi connectivity index (χ4v) is 3.44. The summed E-state index contributed by atoms with van der Waals surface area (Å²) in [6.07, 6.45) is 14.3. The molecule has 1 fully saturated rings. The van der Waals surface area contributed by atoms with E-state index < -0.39 is 0 Å². The second kappa shape index (κ2) is 14.8. The van der Waals surface area contributed by atoms with Gasteiger partial charge in [-0.15, -0.1) is 0 Å². The third-order valence-corrected chi connectivity index (χ3v) is 5.23. The zero-order valence-corrected chi connectivity index (χ0v) is 20.4. The molecule has 182 valence electrons. The van der Waals surface area contributed by atoms with Crippen LogP contribution in [0.5, 0.6) is 11.5 Å². The molecule has 0 aromatic heterocycles. The molecular formula is C29H36O5. The van der Waals surface area contributed by atoms with Crippen molar-refractivity contribution >= 4 is 18.1 Å². The molecule has 3 rings (SSSR count). The molecule has 1 aliphatic rings. The Labute approximate surface area is 203 Å². The van der Waals surface area contributed by atoms with Gasteiger partial charge in [-0.05, 0) is 62.1 Å². The van der Waals surface area contributed by atoms with Crippen molar-refractivity contribution < 1.29 is 24.1 Å². The molecule has 5 heteroatoms. The van der Waals surface area contributed by atoms with Crippen molar-refractivity contribution in [3.63, 3.8) is 0 Å². The number of methoxy groups -OCH3 is 1. The quantitative estimate of drug-likeness (QED) is 0.199. The number of hydrogen-bond acceptors (Lipinski definition) is 5. The maximum Gasteiger partial charge on any atom is 0.332 e. The maximum absolute atomic E-state index is 10.2. The highest BCUT2D eigenvalue weighted by Crippen LogP contribution is 2.23. The average Bonchev–Trinajstić information content (AvgIpc) is 2.84. The van der Waals surface area contributed by atoms with E-state index in [1.54, 1.807) is 19.1 Å². The Balaban J connectivity index is 0.000000509. The molecule has 1 atom stereocenters. The Hall–Kier alpha value is -3.31. The van der Waals surface area contributed by atoms with Crippen LogP contribution in [-0.2, 0) is 14.3 Å². The van der Waals surface area contributed by atoms with Crippen LogP contribution in [-0.4, -0.2) is 30.6 Å². The van der Waals surface area contributed by atoms with Crippen LogP contribution in [0, 0.1) is 0 Å². The second-order valence-electron chi connectivity index (χ2n) is 8.23. The van der Waals surface area contributed by atoms with E-state index in [1.807, 2.05) is 67.6 Å². The predicted octanol–water partition coefficient (Wildman–Crippen LogP) is 6.93. The van der Waals surface area contributed by atoms with Gasteiger partial charge >= 0.3 is 5.97 Å². The molecule has 1 unspecified atom stereocenters. The number of hydrogen-bond donors (Lipinski definition) is 1. The SMILES string of the molecule is C=C(C)C(=O)OC.CC(Oc1ccc(C=CC=Cc2ccc(O)cc2)cc1)OC1CCCCC1. The van der Waals surface area contributed by atoms with E-state index in [1.165, 1.54) is 26.4 Å². The number of aromatic hydroxyl groups is 1. The highest BCUT2D eigenvalue weighted by molar-refractivity contribution is 5.86. The summed E-state index contributed by atoms with van der Waals surface area (Å²) in [6.45, 7) is 6.92. The van der Waals surface area contributed by atoms with Gasteiger partial charge in [0.2, 0.25) is 0 Å². The van der Waals surface area contributed by atoms with Crippen LogP contribution in [0.3, 0.4) is 0 Å². The Morgan fingerprint density at radius 1 is 0.971 bits per heavy atom. The molecular weight excluding hydrogens is 428 g/mol. The number of allylic oxidation sites excluding steroid dienone is 2. The Morgan fingerprint density at radius 3 is 1.97 bits per heavy atom. The monoisotopic (exact) mass is 464 g/mol. The topological polar surface area (TPSA) is 65.0 Å². The molecule has 2 aromatic rings. The highest BCUT2D eigenvalue weighted by atomic mass is 16.7. The van der Waals surface area contributed by atoms with Crippen molar-refractivity contribution in [2.45, 2.75) is 58.3 Å². The second-order valence-corrected chi connectivity index (χ2v) is 8.23. The number of phenols is 1. The van der Waals surface area contributed by atoms with Crippen LogP contribution in [0.2, 0.25) is 0 Å². The lowest BCUT2D eigenvalue weighted by molar-refractivity contribution is -0.136. The van der Waals surface area contributed by atoms with Gasteiger partial charge in [0.1, 0.15) is 11.5 Å². The van der Waals surface area contributed by atoms with Gasteiger partial charge < -0.3 is 19.3 Å². The number of ether oxygens (including phenoxy) is 3. The van der Waals surface area contributed by atoms with E-state index in [0.717, 1.165) is 29.7 Å². The number of benzene rings is 2. The van der Waals surface area contributed by atoms with Crippen molar-refractivity contribution in [3.05, 3.63) is 84.0 Å². The molecule has 1 N–H and O–H groups in total. The van der Waals surface area contributed by atoms with Crippen LogP contribution in [0.15, 0.2) is 72.8 Å². The summed E-state index contributed by atoms with van der Waals surface area (Å²) in [4.78, 5) is 10.2. The lowest BCUT2D eigenvalue weighted by atomic mass is 9.98. The predicted molar refractivity (Wildman–Crippen MR) is 137 cm³/mol. The molecule has 0 radical (unpaired) electrons. The molecule has 0 saturated heterocycles. The van der Waals surface area contributed by atoms with Crippen molar-refractivity contribution in [3.8, 4) is 11.5 Å². The summed E-state index contributed by atoms with van der Waals surface area (Å²) in [6, 6.07) is 15.1. The smallest absolute Gasteiger partial charge is 0.332 e. The molecule has 0 aliphatic heterocycles. The van der Waals surface area contributed by atoms with Crippen molar-refractivity contribution in [1.29, 1.82) is 0 Å². The number of phenolic OH excluding ortho intramolecular Hbond substituents is 1. The van der Waals surface area contributed by atoms with Gasteiger partial charge in [-0.3, -0.25) is 0 Å². The number of carbonyl (C=O) groups is 1. The van der Waals surface area contributed by atoms with Crippen molar-refractivity contribution in [2.24, 2.45) is 0 Å². The van der Waals surface area contributed by atoms with Gasteiger partial charge in [-0.1, -0.05) is 74.4 Å². The molecule has 2 aromatic carbocycles. The molecule has 34 heavy (non-hydrogen) atoms. The van der Waals surface area contributed by atoms with E-state index in [-0.39, 0.29) is 18.0 Å². The van der Waals surface area contributed by atoms with Crippen LogP contribution < -0.4 is 4.74 Å². The lowest BCUT2D eigenvalue weighted by Crippen LogP contribution is -2.26. The third-order valence-electron chi connectivity index (χ3n) is 5.23. The summed E-state index contributed by atoms with van der Waals surface area (Å²) < 4.78 is 16.2. The van der Waals surface area contributed by atoms with Gasteiger partial charge in [0.15, 0.2) is 6.29 Å². The first-order valence-electron chi connectivity index (χ1n) is 11.7. The van der Waals surface area contributed by atoms with Crippen LogP contribution in [0.25, 0.3) is 12.2 Å². The summed E-state index contributed by atoms with van der Waals surface area (Å²) >= 11 is 0. The first-order chi connectivity index (χ1) is 16.4. The molecule has 0 heterocycles. The van der Waals surface area contributed by atoms with Crippen molar-refractivity contribution in [2.75, 3.05) is 7.11 Å². The summed E-state index contributed by atoms with van der Waals surface area (Å²) in [7, 11) is 1.33. The van der Waals surface area contributed by atoms with E-state index in [4.69, 9.17) is 9.47 Å². The van der Waals surface area contributed by atoms with Crippen LogP contribution in [0.1, 0.15) is 57.1 Å². The maximum atomic E-state index is 10.2. The largest absolute Gasteiger partial charge is 0.508 e. The van der Waals surface area contributed by atoms with Crippen LogP contribution in [0.4, 0.5) is 0 Å². The Morgan fingerprint density at radius 2 is 1.50 bits per heavy atom. The Kier molecular flexibility index (Phi) is 11.7. The van der Waals surface area contributed by atoms with E-state index in [9.17, 15) is 9.90 Å². The number of carbonyl (C=O) groups excluding carboxylic acids is 1. The average molecular weight is 465 g/mol. The van der Waals surface area contributed by atoms with Gasteiger partial charge in [0.05, 0.1) is 13.2 Å². The zero-order chi connectivity index (χ0) is 24.8. The van der Waals surface area contributed by atoms with Gasteiger partial charge in [0, 0.05) is 5.57 Å². The zero-order valence-electron chi connectivity index (χ0n) is 20.4. The minimum Gasteiger partial charge on any atom is -0.508 e. The fraction of sp³-hybridized carbons (Fsp3) is 0.345. The number of rotatable bonds is 8.